The highest BCUT2D eigenvalue weighted by Gasteiger charge is 2.29. The van der Waals surface area contributed by atoms with Crippen molar-refractivity contribution >= 4 is 29.3 Å². The van der Waals surface area contributed by atoms with Crippen LogP contribution in [-0.4, -0.2) is 26.0 Å². The summed E-state index contributed by atoms with van der Waals surface area (Å²) >= 11 is 0. The molecule has 140 valence electrons. The van der Waals surface area contributed by atoms with Crippen LogP contribution in [0.15, 0.2) is 48.5 Å². The van der Waals surface area contributed by atoms with Crippen molar-refractivity contribution in [3.05, 3.63) is 54.1 Å². The van der Waals surface area contributed by atoms with E-state index in [0.717, 1.165) is 24.1 Å². The monoisotopic (exact) mass is 366 g/mol. The molecule has 1 saturated carbocycles. The molecule has 0 spiro atoms. The molecule has 0 atom stereocenters. The van der Waals surface area contributed by atoms with Crippen molar-refractivity contribution in [2.75, 3.05) is 24.9 Å². The fourth-order valence-corrected chi connectivity index (χ4v) is 2.53. The average Bonchev–Trinajstić information content (AvgIpc) is 3.53. The topological polar surface area (TPSA) is 76.7 Å². The summed E-state index contributed by atoms with van der Waals surface area (Å²) in [7, 11) is 3.15. The van der Waals surface area contributed by atoms with Crippen LogP contribution in [0, 0.1) is 5.92 Å². The number of amides is 2. The minimum absolute atomic E-state index is 0.0585. The number of rotatable bonds is 7. The van der Waals surface area contributed by atoms with Crippen molar-refractivity contribution < 1.29 is 19.1 Å². The highest BCUT2D eigenvalue weighted by molar-refractivity contribution is 6.02. The molecule has 0 aliphatic heterocycles. The normalized spacial score (nSPS) is 13.3. The lowest BCUT2D eigenvalue weighted by Crippen LogP contribution is -2.13. The summed E-state index contributed by atoms with van der Waals surface area (Å²) in [6, 6.07) is 12.4. The second-order valence-corrected chi connectivity index (χ2v) is 6.27. The molecule has 0 aromatic heterocycles. The van der Waals surface area contributed by atoms with Crippen LogP contribution >= 0.6 is 0 Å². The Morgan fingerprint density at radius 2 is 1.63 bits per heavy atom. The minimum atomic E-state index is -0.261. The highest BCUT2D eigenvalue weighted by Crippen LogP contribution is 2.30. The molecular formula is C21H22N2O4. The Morgan fingerprint density at radius 3 is 2.22 bits per heavy atom. The van der Waals surface area contributed by atoms with Gasteiger partial charge in [-0.1, -0.05) is 0 Å². The van der Waals surface area contributed by atoms with Gasteiger partial charge in [-0.3, -0.25) is 9.59 Å². The van der Waals surface area contributed by atoms with Gasteiger partial charge >= 0.3 is 0 Å². The first kappa shape index (κ1) is 18.5. The van der Waals surface area contributed by atoms with Gasteiger partial charge in [0.15, 0.2) is 0 Å². The second kappa shape index (κ2) is 8.40. The van der Waals surface area contributed by atoms with E-state index >= 15 is 0 Å². The summed E-state index contributed by atoms with van der Waals surface area (Å²) in [5.41, 5.74) is 2.14. The zero-order valence-corrected chi connectivity index (χ0v) is 15.3. The van der Waals surface area contributed by atoms with Crippen LogP contribution in [0.5, 0.6) is 11.5 Å². The molecule has 27 heavy (non-hydrogen) atoms. The molecule has 2 aromatic carbocycles. The zero-order chi connectivity index (χ0) is 19.2. The SMILES string of the molecule is COc1ccc(/C=C/C(=O)Nc2ccc(NC(=O)C3CC3)cc2)c(OC)c1. The molecule has 2 aromatic rings. The van der Waals surface area contributed by atoms with Gasteiger partial charge in [0.2, 0.25) is 11.8 Å². The van der Waals surface area contributed by atoms with Gasteiger partial charge in [-0.2, -0.15) is 0 Å². The highest BCUT2D eigenvalue weighted by atomic mass is 16.5. The third-order valence-electron chi connectivity index (χ3n) is 4.22. The van der Waals surface area contributed by atoms with Crippen molar-refractivity contribution in [3.63, 3.8) is 0 Å². The molecule has 6 heteroatoms. The van der Waals surface area contributed by atoms with Gasteiger partial charge in [-0.05, 0) is 55.3 Å². The zero-order valence-electron chi connectivity index (χ0n) is 15.3. The number of carbonyl (C=O) groups is 2. The molecule has 2 N–H and O–H groups in total. The van der Waals surface area contributed by atoms with E-state index in [9.17, 15) is 9.59 Å². The van der Waals surface area contributed by atoms with Crippen LogP contribution < -0.4 is 20.1 Å². The van der Waals surface area contributed by atoms with Gasteiger partial charge in [0.05, 0.1) is 14.2 Å². The first-order valence-corrected chi connectivity index (χ1v) is 8.71. The Morgan fingerprint density at radius 1 is 0.963 bits per heavy atom. The number of anilines is 2. The lowest BCUT2D eigenvalue weighted by molar-refractivity contribution is -0.117. The predicted octanol–water partition coefficient (Wildman–Crippen LogP) is 3.70. The summed E-state index contributed by atoms with van der Waals surface area (Å²) in [4.78, 5) is 23.9. The number of ether oxygens (including phenoxy) is 2. The molecule has 3 rings (SSSR count). The Hall–Kier alpha value is -3.28. The fraction of sp³-hybridized carbons (Fsp3) is 0.238. The Bertz CT molecular complexity index is 855. The van der Waals surface area contributed by atoms with Crippen LogP contribution in [0.1, 0.15) is 18.4 Å². The molecule has 6 nitrogen and oxygen atoms in total. The molecule has 0 heterocycles. The summed E-state index contributed by atoms with van der Waals surface area (Å²) in [6.07, 6.45) is 5.04. The standard InChI is InChI=1S/C21H22N2O4/c1-26-18-11-5-14(19(13-18)27-2)6-12-20(24)22-16-7-9-17(10-8-16)23-21(25)15-3-4-15/h5-13,15H,3-4H2,1-2H3,(H,22,24)(H,23,25)/b12-6+. The summed E-state index contributed by atoms with van der Waals surface area (Å²) in [6.45, 7) is 0. The number of carbonyl (C=O) groups excluding carboxylic acids is 2. The molecule has 0 bridgehead atoms. The van der Waals surface area contributed by atoms with E-state index in [4.69, 9.17) is 9.47 Å². The van der Waals surface area contributed by atoms with Gasteiger partial charge in [0.25, 0.3) is 0 Å². The average molecular weight is 366 g/mol. The molecule has 1 aliphatic carbocycles. The first-order chi connectivity index (χ1) is 13.1. The maximum Gasteiger partial charge on any atom is 0.248 e. The van der Waals surface area contributed by atoms with Gasteiger partial charge in [0.1, 0.15) is 11.5 Å². The summed E-state index contributed by atoms with van der Waals surface area (Å²) < 4.78 is 10.5. The third kappa shape index (κ3) is 5.10. The third-order valence-corrected chi connectivity index (χ3v) is 4.22. The van der Waals surface area contributed by atoms with Crippen LogP contribution in [0.2, 0.25) is 0 Å². The molecule has 0 unspecified atom stereocenters. The van der Waals surface area contributed by atoms with Crippen molar-refractivity contribution in [1.29, 1.82) is 0 Å². The maximum absolute atomic E-state index is 12.1. The first-order valence-electron chi connectivity index (χ1n) is 8.71. The minimum Gasteiger partial charge on any atom is -0.497 e. The van der Waals surface area contributed by atoms with Gasteiger partial charge in [0, 0.05) is 35.0 Å². The van der Waals surface area contributed by atoms with E-state index < -0.39 is 0 Å². The Balaban J connectivity index is 1.58. The number of benzene rings is 2. The van der Waals surface area contributed by atoms with Crippen molar-refractivity contribution in [1.82, 2.24) is 0 Å². The van der Waals surface area contributed by atoms with Crippen molar-refractivity contribution in [2.24, 2.45) is 5.92 Å². The second-order valence-electron chi connectivity index (χ2n) is 6.27. The fourth-order valence-electron chi connectivity index (χ4n) is 2.53. The summed E-state index contributed by atoms with van der Waals surface area (Å²) in [5.74, 6) is 1.26. The van der Waals surface area contributed by atoms with Crippen molar-refractivity contribution in [2.45, 2.75) is 12.8 Å². The van der Waals surface area contributed by atoms with Crippen LogP contribution in [-0.2, 0) is 9.59 Å². The molecule has 0 radical (unpaired) electrons. The van der Waals surface area contributed by atoms with E-state index in [0.29, 0.717) is 17.2 Å². The Kier molecular flexibility index (Phi) is 5.76. The molecular weight excluding hydrogens is 344 g/mol. The van der Waals surface area contributed by atoms with Gasteiger partial charge < -0.3 is 20.1 Å². The number of hydrogen-bond acceptors (Lipinski definition) is 4. The van der Waals surface area contributed by atoms with Crippen LogP contribution in [0.4, 0.5) is 11.4 Å². The number of hydrogen-bond donors (Lipinski definition) is 2. The van der Waals surface area contributed by atoms with Crippen LogP contribution in [0.25, 0.3) is 6.08 Å². The van der Waals surface area contributed by atoms with Crippen molar-refractivity contribution in [3.8, 4) is 11.5 Å². The number of methoxy groups -OCH3 is 2. The molecule has 2 amide bonds. The van der Waals surface area contributed by atoms with E-state index in [-0.39, 0.29) is 17.7 Å². The summed E-state index contributed by atoms with van der Waals surface area (Å²) in [5, 5.41) is 5.65. The Labute approximate surface area is 158 Å². The maximum atomic E-state index is 12.1. The van der Waals surface area contributed by atoms with E-state index in [1.807, 2.05) is 6.07 Å². The van der Waals surface area contributed by atoms with E-state index in [1.165, 1.54) is 6.08 Å². The van der Waals surface area contributed by atoms with Crippen LogP contribution in [0.3, 0.4) is 0 Å². The number of nitrogens with one attached hydrogen (secondary N) is 2. The molecule has 1 aliphatic rings. The lowest BCUT2D eigenvalue weighted by Gasteiger charge is -2.08. The largest absolute Gasteiger partial charge is 0.497 e. The van der Waals surface area contributed by atoms with E-state index in [1.54, 1.807) is 56.7 Å². The van der Waals surface area contributed by atoms with Gasteiger partial charge in [-0.25, -0.2) is 0 Å². The predicted molar refractivity (Wildman–Crippen MR) is 105 cm³/mol. The van der Waals surface area contributed by atoms with Gasteiger partial charge in [-0.15, -0.1) is 0 Å². The quantitative estimate of drug-likeness (QED) is 0.733. The lowest BCUT2D eigenvalue weighted by atomic mass is 10.1. The molecule has 0 saturated heterocycles. The van der Waals surface area contributed by atoms with E-state index in [2.05, 4.69) is 10.6 Å². The smallest absolute Gasteiger partial charge is 0.248 e. The molecule has 1 fully saturated rings.